The molecule has 0 saturated carbocycles. The summed E-state index contributed by atoms with van der Waals surface area (Å²) in [6, 6.07) is 10.5. The van der Waals surface area contributed by atoms with Crippen LogP contribution in [0.15, 0.2) is 48.5 Å². The molecule has 2 aromatic carbocycles. The minimum absolute atomic E-state index is 0.0980. The van der Waals surface area contributed by atoms with E-state index in [1.165, 1.54) is 67.3 Å². The van der Waals surface area contributed by atoms with E-state index in [0.29, 0.717) is 17.5 Å². The molecule has 16 heteroatoms. The molecule has 15 nitrogen and oxygen atoms in total. The van der Waals surface area contributed by atoms with Gasteiger partial charge in [-0.1, -0.05) is 11.8 Å². The van der Waals surface area contributed by atoms with Crippen molar-refractivity contribution in [2.75, 3.05) is 13.1 Å². The molecule has 1 saturated heterocycles. The van der Waals surface area contributed by atoms with Crippen molar-refractivity contribution in [3.05, 3.63) is 79.9 Å². The highest BCUT2D eigenvalue weighted by Gasteiger charge is 2.39. The standard InChI is InChI=1S/C27H30N4O11S/c1-17(32)42-24(13-28-26(34)40-15-19-3-7-21(8-4-19)30(36)37)11-23-12-25(43-18(2)33)14-29(23)27(35)41-16-20-5-9-22(10-6-20)31(38)39/h3-10,23-25H,11-16H2,1-2H3,(H,28,34)/t23-,24-,25+/m1/s1. The van der Waals surface area contributed by atoms with Gasteiger partial charge < -0.3 is 24.4 Å². The topological polar surface area (TPSA) is 198 Å². The number of esters is 1. The highest BCUT2D eigenvalue weighted by molar-refractivity contribution is 8.14. The molecule has 0 bridgehead atoms. The van der Waals surface area contributed by atoms with E-state index in [2.05, 4.69) is 5.32 Å². The van der Waals surface area contributed by atoms with Crippen molar-refractivity contribution in [2.24, 2.45) is 0 Å². The molecule has 0 spiro atoms. The van der Waals surface area contributed by atoms with Gasteiger partial charge in [-0.05, 0) is 41.8 Å². The molecule has 43 heavy (non-hydrogen) atoms. The number of hydrogen-bond donors (Lipinski definition) is 1. The number of nitrogens with zero attached hydrogens (tertiary/aromatic N) is 3. The number of thioether (sulfide) groups is 1. The monoisotopic (exact) mass is 618 g/mol. The Kier molecular flexibility index (Phi) is 11.8. The number of non-ortho nitro benzene ring substituents is 2. The van der Waals surface area contributed by atoms with Gasteiger partial charge in [-0.15, -0.1) is 0 Å². The average Bonchev–Trinajstić information content (AvgIpc) is 3.34. The van der Waals surface area contributed by atoms with Crippen LogP contribution in [0.3, 0.4) is 0 Å². The molecule has 2 aromatic rings. The number of nitrogens with one attached hydrogen (secondary N) is 1. The second-order valence-electron chi connectivity index (χ2n) is 9.60. The van der Waals surface area contributed by atoms with Gasteiger partial charge in [0, 0.05) is 62.4 Å². The lowest BCUT2D eigenvalue weighted by molar-refractivity contribution is -0.385. The van der Waals surface area contributed by atoms with Crippen LogP contribution in [0.5, 0.6) is 0 Å². The molecule has 1 aliphatic heterocycles. The maximum Gasteiger partial charge on any atom is 0.410 e. The fraction of sp³-hybridized carbons (Fsp3) is 0.407. The number of rotatable bonds is 12. The van der Waals surface area contributed by atoms with Gasteiger partial charge >= 0.3 is 18.2 Å². The Balaban J connectivity index is 1.60. The second kappa shape index (κ2) is 15.5. The molecule has 0 aliphatic carbocycles. The molecule has 1 N–H and O–H groups in total. The Morgan fingerprint density at radius 3 is 1.95 bits per heavy atom. The molecule has 0 aromatic heterocycles. The molecule has 0 unspecified atom stereocenters. The van der Waals surface area contributed by atoms with Crippen LogP contribution in [0, 0.1) is 20.2 Å². The van der Waals surface area contributed by atoms with Gasteiger partial charge in [-0.2, -0.15) is 0 Å². The van der Waals surface area contributed by atoms with Crippen LogP contribution in [0.1, 0.15) is 37.8 Å². The van der Waals surface area contributed by atoms with Gasteiger partial charge in [0.2, 0.25) is 0 Å². The molecule has 0 radical (unpaired) electrons. The van der Waals surface area contributed by atoms with Gasteiger partial charge in [0.05, 0.1) is 16.4 Å². The zero-order valence-electron chi connectivity index (χ0n) is 23.3. The zero-order valence-corrected chi connectivity index (χ0v) is 24.2. The van der Waals surface area contributed by atoms with E-state index in [1.807, 2.05) is 0 Å². The number of ether oxygens (including phenoxy) is 3. The summed E-state index contributed by atoms with van der Waals surface area (Å²) in [7, 11) is 0. The van der Waals surface area contributed by atoms with Crippen LogP contribution in [-0.2, 0) is 37.0 Å². The summed E-state index contributed by atoms with van der Waals surface area (Å²) in [5.41, 5.74) is 0.871. The number of nitro benzene ring substituents is 2. The predicted octanol–water partition coefficient (Wildman–Crippen LogP) is 4.11. The summed E-state index contributed by atoms with van der Waals surface area (Å²) in [6.45, 7) is 2.41. The van der Waals surface area contributed by atoms with Gasteiger partial charge in [-0.3, -0.25) is 29.8 Å². The van der Waals surface area contributed by atoms with Crippen LogP contribution in [-0.4, -0.2) is 68.5 Å². The fourth-order valence-electron chi connectivity index (χ4n) is 4.40. The molecule has 1 heterocycles. The van der Waals surface area contributed by atoms with Crippen molar-refractivity contribution in [2.45, 2.75) is 57.3 Å². The summed E-state index contributed by atoms with van der Waals surface area (Å²) >= 11 is 1.08. The first-order chi connectivity index (χ1) is 20.4. The number of carbonyl (C=O) groups excluding carboxylic acids is 4. The van der Waals surface area contributed by atoms with Gasteiger partial charge in [0.25, 0.3) is 11.4 Å². The lowest BCUT2D eigenvalue weighted by Gasteiger charge is -2.27. The largest absolute Gasteiger partial charge is 0.461 e. The van der Waals surface area contributed by atoms with E-state index < -0.39 is 40.1 Å². The Morgan fingerprint density at radius 2 is 1.47 bits per heavy atom. The third kappa shape index (κ3) is 10.6. The van der Waals surface area contributed by atoms with Gasteiger partial charge in [0.1, 0.15) is 19.3 Å². The van der Waals surface area contributed by atoms with Crippen LogP contribution in [0.25, 0.3) is 0 Å². The number of likely N-dealkylation sites (tertiary alicyclic amines) is 1. The van der Waals surface area contributed by atoms with Crippen LogP contribution >= 0.6 is 11.8 Å². The summed E-state index contributed by atoms with van der Waals surface area (Å²) in [5, 5.41) is 23.8. The molecule has 2 amide bonds. The highest BCUT2D eigenvalue weighted by Crippen LogP contribution is 2.31. The van der Waals surface area contributed by atoms with Crippen molar-refractivity contribution >= 4 is 46.4 Å². The number of carbonyl (C=O) groups is 4. The van der Waals surface area contributed by atoms with Crippen molar-refractivity contribution in [1.29, 1.82) is 0 Å². The van der Waals surface area contributed by atoms with E-state index >= 15 is 0 Å². The van der Waals surface area contributed by atoms with Crippen LogP contribution < -0.4 is 5.32 Å². The molecule has 230 valence electrons. The first kappa shape index (κ1) is 32.8. The molecule has 3 atom stereocenters. The summed E-state index contributed by atoms with van der Waals surface area (Å²) in [5.74, 6) is -0.606. The first-order valence-corrected chi connectivity index (χ1v) is 13.9. The van der Waals surface area contributed by atoms with E-state index in [4.69, 9.17) is 14.2 Å². The molecule has 1 aliphatic rings. The quantitative estimate of drug-likeness (QED) is 0.155. The summed E-state index contributed by atoms with van der Waals surface area (Å²) in [6.07, 6.45) is -1.80. The SMILES string of the molecule is CC(=O)O[C@@H](CNC(=O)OCc1ccc([N+](=O)[O-])cc1)C[C@@H]1C[C@H](SC(C)=O)CN1C(=O)OCc1ccc([N+](=O)[O-])cc1. The summed E-state index contributed by atoms with van der Waals surface area (Å²) < 4.78 is 16.0. The number of hydrogen-bond acceptors (Lipinski definition) is 12. The van der Waals surface area contributed by atoms with Gasteiger partial charge in [-0.25, -0.2) is 9.59 Å². The first-order valence-electron chi connectivity index (χ1n) is 13.1. The molecular weight excluding hydrogens is 588 g/mol. The van der Waals surface area contributed by atoms with Crippen LogP contribution in [0.4, 0.5) is 21.0 Å². The van der Waals surface area contributed by atoms with Crippen molar-refractivity contribution in [3.63, 3.8) is 0 Å². The number of benzene rings is 2. The van der Waals surface area contributed by atoms with Crippen molar-refractivity contribution < 1.29 is 43.2 Å². The van der Waals surface area contributed by atoms with E-state index in [0.717, 1.165) is 11.8 Å². The molecule has 1 fully saturated rings. The minimum Gasteiger partial charge on any atom is -0.461 e. The Morgan fingerprint density at radius 1 is 0.930 bits per heavy atom. The Hall–Kier alpha value is -4.73. The smallest absolute Gasteiger partial charge is 0.410 e. The van der Waals surface area contributed by atoms with E-state index in [-0.39, 0.29) is 54.5 Å². The number of amides is 2. The molecule has 3 rings (SSSR count). The third-order valence-corrected chi connectivity index (χ3v) is 7.32. The van der Waals surface area contributed by atoms with Crippen LogP contribution in [0.2, 0.25) is 0 Å². The van der Waals surface area contributed by atoms with Crippen molar-refractivity contribution in [1.82, 2.24) is 10.2 Å². The normalized spacial score (nSPS) is 16.6. The Bertz CT molecular complexity index is 1340. The maximum absolute atomic E-state index is 13.1. The maximum atomic E-state index is 13.1. The van der Waals surface area contributed by atoms with Crippen molar-refractivity contribution in [3.8, 4) is 0 Å². The average molecular weight is 619 g/mol. The van der Waals surface area contributed by atoms with E-state index in [9.17, 15) is 39.4 Å². The number of nitro groups is 2. The second-order valence-corrected chi connectivity index (χ2v) is 11.1. The lowest BCUT2D eigenvalue weighted by Crippen LogP contribution is -2.42. The fourth-order valence-corrected chi connectivity index (χ4v) is 5.43. The molecular formula is C27H30N4O11S. The predicted molar refractivity (Wildman–Crippen MR) is 152 cm³/mol. The summed E-state index contributed by atoms with van der Waals surface area (Å²) in [4.78, 5) is 70.9. The number of alkyl carbamates (subject to hydrolysis) is 1. The highest BCUT2D eigenvalue weighted by atomic mass is 32.2. The third-order valence-electron chi connectivity index (χ3n) is 6.31. The minimum atomic E-state index is -0.847. The van der Waals surface area contributed by atoms with E-state index in [1.54, 1.807) is 0 Å². The lowest BCUT2D eigenvalue weighted by atomic mass is 10.1. The zero-order chi connectivity index (χ0) is 31.5. The Labute approximate surface area is 250 Å². The van der Waals surface area contributed by atoms with Gasteiger partial charge in [0.15, 0.2) is 5.12 Å².